The number of piperidine rings is 1. The lowest BCUT2D eigenvalue weighted by Gasteiger charge is -2.35. The first kappa shape index (κ1) is 23.4. The van der Waals surface area contributed by atoms with E-state index < -0.39 is 11.3 Å². The van der Waals surface area contributed by atoms with Crippen LogP contribution in [-0.2, 0) is 9.59 Å². The molecule has 176 valence electrons. The van der Waals surface area contributed by atoms with E-state index in [4.69, 9.17) is 0 Å². The number of fused-ring (bicyclic) bond motifs is 1. The van der Waals surface area contributed by atoms with Crippen LogP contribution in [0.3, 0.4) is 0 Å². The Labute approximate surface area is 198 Å². The monoisotopic (exact) mass is 459 g/mol. The Morgan fingerprint density at radius 2 is 1.65 bits per heavy atom. The molecule has 2 N–H and O–H groups in total. The van der Waals surface area contributed by atoms with Gasteiger partial charge in [0.25, 0.3) is 5.91 Å². The van der Waals surface area contributed by atoms with Crippen molar-refractivity contribution in [2.24, 2.45) is 11.3 Å². The first-order valence-corrected chi connectivity index (χ1v) is 11.4. The van der Waals surface area contributed by atoms with Crippen LogP contribution in [0.2, 0.25) is 0 Å². The first-order chi connectivity index (χ1) is 16.2. The van der Waals surface area contributed by atoms with E-state index in [1.807, 2.05) is 68.1 Å². The number of pyridine rings is 2. The SMILES string of the molecule is CC(C)(C)C(=O)N1CCC(C(=O)NNC(=O)c2cc(-c3ccccn3)nc3ccccc23)CC1. The molecule has 0 bridgehead atoms. The maximum atomic E-state index is 13.1. The Morgan fingerprint density at radius 1 is 0.941 bits per heavy atom. The van der Waals surface area contributed by atoms with Crippen LogP contribution in [0.1, 0.15) is 44.0 Å². The molecule has 0 atom stereocenters. The van der Waals surface area contributed by atoms with Crippen molar-refractivity contribution in [2.45, 2.75) is 33.6 Å². The van der Waals surface area contributed by atoms with Gasteiger partial charge >= 0.3 is 0 Å². The molecule has 1 saturated heterocycles. The Balaban J connectivity index is 1.44. The zero-order chi connectivity index (χ0) is 24.3. The summed E-state index contributed by atoms with van der Waals surface area (Å²) >= 11 is 0. The second-order valence-electron chi connectivity index (χ2n) is 9.55. The van der Waals surface area contributed by atoms with Crippen LogP contribution in [0.15, 0.2) is 54.7 Å². The van der Waals surface area contributed by atoms with Gasteiger partial charge in [-0.05, 0) is 37.1 Å². The number of benzene rings is 1. The van der Waals surface area contributed by atoms with Crippen LogP contribution in [-0.4, -0.2) is 45.7 Å². The molecule has 0 aliphatic carbocycles. The molecule has 8 nitrogen and oxygen atoms in total. The lowest BCUT2D eigenvalue weighted by atomic mass is 9.91. The van der Waals surface area contributed by atoms with Crippen LogP contribution in [0.25, 0.3) is 22.3 Å². The Morgan fingerprint density at radius 3 is 2.32 bits per heavy atom. The highest BCUT2D eigenvalue weighted by Crippen LogP contribution is 2.25. The highest BCUT2D eigenvalue weighted by molar-refractivity contribution is 6.07. The molecular weight excluding hydrogens is 430 g/mol. The number of hydrogen-bond acceptors (Lipinski definition) is 5. The Bertz CT molecular complexity index is 1210. The van der Waals surface area contributed by atoms with Gasteiger partial charge in [0.05, 0.1) is 22.5 Å². The molecule has 8 heteroatoms. The summed E-state index contributed by atoms with van der Waals surface area (Å²) in [6.07, 6.45) is 2.80. The molecule has 0 radical (unpaired) electrons. The third kappa shape index (κ3) is 5.06. The van der Waals surface area contributed by atoms with Gasteiger partial charge in [0, 0.05) is 36.0 Å². The highest BCUT2D eigenvalue weighted by atomic mass is 16.2. The van der Waals surface area contributed by atoms with E-state index in [0.717, 1.165) is 0 Å². The molecule has 1 aliphatic rings. The quantitative estimate of drug-likeness (QED) is 0.585. The van der Waals surface area contributed by atoms with E-state index in [1.165, 1.54) is 0 Å². The average Bonchev–Trinajstić information content (AvgIpc) is 2.86. The molecule has 1 aliphatic heterocycles. The number of para-hydroxylation sites is 1. The number of carbonyl (C=O) groups excluding carboxylic acids is 3. The van der Waals surface area contributed by atoms with Crippen LogP contribution < -0.4 is 10.9 Å². The third-order valence-corrected chi connectivity index (χ3v) is 5.98. The average molecular weight is 460 g/mol. The normalized spacial score (nSPS) is 14.6. The summed E-state index contributed by atoms with van der Waals surface area (Å²) in [5.74, 6) is -0.848. The number of amides is 3. The van der Waals surface area contributed by atoms with Crippen LogP contribution in [0.5, 0.6) is 0 Å². The summed E-state index contributed by atoms with van der Waals surface area (Å²) in [5.41, 5.74) is 6.98. The zero-order valence-corrected chi connectivity index (χ0v) is 19.7. The molecule has 1 aromatic carbocycles. The fourth-order valence-corrected chi connectivity index (χ4v) is 4.12. The van der Waals surface area contributed by atoms with E-state index in [1.54, 1.807) is 12.3 Å². The zero-order valence-electron chi connectivity index (χ0n) is 19.7. The second-order valence-corrected chi connectivity index (χ2v) is 9.55. The Kier molecular flexibility index (Phi) is 6.58. The minimum absolute atomic E-state index is 0.0907. The molecule has 0 unspecified atom stereocenters. The second kappa shape index (κ2) is 9.59. The van der Waals surface area contributed by atoms with Gasteiger partial charge in [0.2, 0.25) is 11.8 Å². The molecule has 3 aromatic rings. The van der Waals surface area contributed by atoms with Crippen molar-refractivity contribution in [1.82, 2.24) is 25.7 Å². The number of hydrazine groups is 1. The van der Waals surface area contributed by atoms with E-state index in [0.29, 0.717) is 53.8 Å². The third-order valence-electron chi connectivity index (χ3n) is 5.98. The summed E-state index contributed by atoms with van der Waals surface area (Å²) in [5, 5.41) is 0.683. The first-order valence-electron chi connectivity index (χ1n) is 11.4. The predicted molar refractivity (Wildman–Crippen MR) is 129 cm³/mol. The van der Waals surface area contributed by atoms with E-state index >= 15 is 0 Å². The van der Waals surface area contributed by atoms with Gasteiger partial charge in [-0.25, -0.2) is 4.98 Å². The largest absolute Gasteiger partial charge is 0.342 e. The number of nitrogens with one attached hydrogen (secondary N) is 2. The molecule has 2 aromatic heterocycles. The van der Waals surface area contributed by atoms with Gasteiger partial charge in [-0.15, -0.1) is 0 Å². The molecule has 0 saturated carbocycles. The highest BCUT2D eigenvalue weighted by Gasteiger charge is 2.32. The summed E-state index contributed by atoms with van der Waals surface area (Å²) in [6.45, 7) is 6.75. The van der Waals surface area contributed by atoms with Crippen LogP contribution in [0.4, 0.5) is 0 Å². The molecule has 1 fully saturated rings. The number of likely N-dealkylation sites (tertiary alicyclic amines) is 1. The fraction of sp³-hybridized carbons (Fsp3) is 0.346. The van der Waals surface area contributed by atoms with Crippen molar-refractivity contribution >= 4 is 28.6 Å². The maximum Gasteiger partial charge on any atom is 0.270 e. The van der Waals surface area contributed by atoms with Crippen molar-refractivity contribution in [3.63, 3.8) is 0 Å². The summed E-state index contributed by atoms with van der Waals surface area (Å²) in [6, 6.07) is 14.5. The smallest absolute Gasteiger partial charge is 0.270 e. The molecule has 0 spiro atoms. The predicted octanol–water partition coefficient (Wildman–Crippen LogP) is 3.34. The Hall–Kier alpha value is -3.81. The topological polar surface area (TPSA) is 104 Å². The molecule has 3 heterocycles. The number of nitrogens with zero attached hydrogens (tertiary/aromatic N) is 3. The van der Waals surface area contributed by atoms with E-state index in [9.17, 15) is 14.4 Å². The van der Waals surface area contributed by atoms with Crippen LogP contribution >= 0.6 is 0 Å². The van der Waals surface area contributed by atoms with Crippen molar-refractivity contribution in [3.8, 4) is 11.4 Å². The van der Waals surface area contributed by atoms with Crippen LogP contribution in [0, 0.1) is 11.3 Å². The number of hydrogen-bond donors (Lipinski definition) is 2. The molecular formula is C26H29N5O3. The lowest BCUT2D eigenvalue weighted by molar-refractivity contribution is -0.142. The van der Waals surface area contributed by atoms with Gasteiger partial charge < -0.3 is 4.90 Å². The summed E-state index contributed by atoms with van der Waals surface area (Å²) in [7, 11) is 0. The van der Waals surface area contributed by atoms with Crippen molar-refractivity contribution < 1.29 is 14.4 Å². The van der Waals surface area contributed by atoms with E-state index in [-0.39, 0.29) is 17.7 Å². The fourth-order valence-electron chi connectivity index (χ4n) is 4.12. The lowest BCUT2D eigenvalue weighted by Crippen LogP contribution is -2.49. The van der Waals surface area contributed by atoms with Crippen molar-refractivity contribution in [3.05, 3.63) is 60.3 Å². The minimum atomic E-state index is -0.440. The van der Waals surface area contributed by atoms with Gasteiger partial charge in [0.15, 0.2) is 0 Å². The number of aromatic nitrogens is 2. The summed E-state index contributed by atoms with van der Waals surface area (Å²) in [4.78, 5) is 49.0. The van der Waals surface area contributed by atoms with Gasteiger partial charge in [-0.1, -0.05) is 45.0 Å². The minimum Gasteiger partial charge on any atom is -0.342 e. The molecule has 4 rings (SSSR count). The van der Waals surface area contributed by atoms with Crippen molar-refractivity contribution in [1.29, 1.82) is 0 Å². The maximum absolute atomic E-state index is 13.1. The van der Waals surface area contributed by atoms with Gasteiger partial charge in [-0.3, -0.25) is 30.2 Å². The van der Waals surface area contributed by atoms with Gasteiger partial charge in [-0.2, -0.15) is 0 Å². The number of rotatable bonds is 3. The number of carbonyl (C=O) groups is 3. The standard InChI is InChI=1S/C26H29N5O3/c1-26(2,3)25(34)31-14-11-17(12-15-31)23(32)29-30-24(33)19-16-22(21-10-6-7-13-27-21)28-20-9-5-4-8-18(19)20/h4-10,13,16-17H,11-12,14-15H2,1-3H3,(H,29,32)(H,30,33). The summed E-state index contributed by atoms with van der Waals surface area (Å²) < 4.78 is 0. The molecule has 34 heavy (non-hydrogen) atoms. The van der Waals surface area contributed by atoms with Gasteiger partial charge in [0.1, 0.15) is 0 Å². The van der Waals surface area contributed by atoms with E-state index in [2.05, 4.69) is 20.8 Å². The van der Waals surface area contributed by atoms with Crippen molar-refractivity contribution in [2.75, 3.05) is 13.1 Å². The molecule has 3 amide bonds.